The Balaban J connectivity index is 1.55. The van der Waals surface area contributed by atoms with Crippen molar-refractivity contribution in [1.29, 1.82) is 0 Å². The van der Waals surface area contributed by atoms with Crippen LogP contribution < -0.4 is 25.1 Å². The van der Waals surface area contributed by atoms with Crippen molar-refractivity contribution >= 4 is 11.8 Å². The van der Waals surface area contributed by atoms with Crippen LogP contribution in [-0.2, 0) is 0 Å². The lowest BCUT2D eigenvalue weighted by Crippen LogP contribution is -2.41. The predicted octanol–water partition coefficient (Wildman–Crippen LogP) is 4.33. The molecule has 1 fully saturated rings. The molecule has 1 heterocycles. The number of carbonyl (C=O) groups is 2. The molecule has 9 heteroatoms. The third kappa shape index (κ3) is 5.30. The summed E-state index contributed by atoms with van der Waals surface area (Å²) < 4.78 is 18.9. The maximum atomic E-state index is 13.1. The first kappa shape index (κ1) is 25.1. The summed E-state index contributed by atoms with van der Waals surface area (Å²) in [7, 11) is 0. The molecule has 2 aromatic carbocycles. The molecule has 0 spiro atoms. The van der Waals surface area contributed by atoms with Gasteiger partial charge in [0.1, 0.15) is 0 Å². The van der Waals surface area contributed by atoms with Gasteiger partial charge in [-0.2, -0.15) is 5.10 Å². The molecule has 3 aromatic rings. The van der Waals surface area contributed by atoms with Crippen LogP contribution in [0.2, 0.25) is 0 Å². The van der Waals surface area contributed by atoms with Crippen molar-refractivity contribution in [2.24, 2.45) is 0 Å². The molecule has 0 atom stereocenters. The molecule has 0 unspecified atom stereocenters. The number of aromatic nitrogens is 2. The maximum Gasteiger partial charge on any atom is 0.273 e. The summed E-state index contributed by atoms with van der Waals surface area (Å²) in [4.78, 5) is 26.1. The van der Waals surface area contributed by atoms with Crippen molar-refractivity contribution in [3.05, 3.63) is 65.0 Å². The first-order valence-electron chi connectivity index (χ1n) is 12.3. The second kappa shape index (κ2) is 11.2. The molecule has 0 saturated heterocycles. The highest BCUT2D eigenvalue weighted by atomic mass is 16.5. The zero-order valence-electron chi connectivity index (χ0n) is 21.1. The van der Waals surface area contributed by atoms with Crippen LogP contribution in [0.5, 0.6) is 17.2 Å². The van der Waals surface area contributed by atoms with Gasteiger partial charge in [-0.1, -0.05) is 18.2 Å². The smallest absolute Gasteiger partial charge is 0.273 e. The van der Waals surface area contributed by atoms with Gasteiger partial charge in [0.2, 0.25) is 5.75 Å². The summed E-state index contributed by atoms with van der Waals surface area (Å²) >= 11 is 0. The molecule has 1 aliphatic rings. The van der Waals surface area contributed by atoms with Gasteiger partial charge in [-0.25, -0.2) is 4.68 Å². The number of para-hydroxylation sites is 1. The first-order valence-corrected chi connectivity index (χ1v) is 12.3. The molecular weight excluding hydrogens is 460 g/mol. The second-order valence-electron chi connectivity index (χ2n) is 8.42. The molecule has 1 saturated carbocycles. The number of hydrazine groups is 1. The third-order valence-corrected chi connectivity index (χ3v) is 5.82. The molecule has 0 radical (unpaired) electrons. The molecule has 0 aliphatic heterocycles. The number of nitrogens with zero attached hydrogens (tertiary/aromatic N) is 2. The van der Waals surface area contributed by atoms with Gasteiger partial charge in [-0.3, -0.25) is 20.4 Å². The van der Waals surface area contributed by atoms with Crippen LogP contribution in [0.25, 0.3) is 5.69 Å². The molecule has 1 aromatic heterocycles. The van der Waals surface area contributed by atoms with Crippen LogP contribution in [0.15, 0.2) is 42.6 Å². The lowest BCUT2D eigenvalue weighted by molar-refractivity contribution is 0.0845. The van der Waals surface area contributed by atoms with Crippen molar-refractivity contribution < 1.29 is 23.8 Å². The van der Waals surface area contributed by atoms with Crippen LogP contribution in [0.3, 0.4) is 0 Å². The fraction of sp³-hybridized carbons (Fsp3) is 0.370. The van der Waals surface area contributed by atoms with Crippen molar-refractivity contribution in [2.75, 3.05) is 19.8 Å². The van der Waals surface area contributed by atoms with E-state index in [-0.39, 0.29) is 11.5 Å². The van der Waals surface area contributed by atoms with Crippen molar-refractivity contribution in [2.45, 2.75) is 46.5 Å². The van der Waals surface area contributed by atoms with Gasteiger partial charge in [0.05, 0.1) is 43.0 Å². The van der Waals surface area contributed by atoms with E-state index in [0.717, 1.165) is 29.8 Å². The third-order valence-electron chi connectivity index (χ3n) is 5.82. The fourth-order valence-electron chi connectivity index (χ4n) is 4.05. The Hall–Kier alpha value is -4.01. The van der Waals surface area contributed by atoms with Crippen LogP contribution in [0.1, 0.15) is 71.5 Å². The molecule has 2 amide bonds. The lowest BCUT2D eigenvalue weighted by atomic mass is 10.1. The van der Waals surface area contributed by atoms with E-state index in [2.05, 4.69) is 16.0 Å². The van der Waals surface area contributed by atoms with Gasteiger partial charge < -0.3 is 14.2 Å². The Morgan fingerprint density at radius 2 is 1.56 bits per heavy atom. The van der Waals surface area contributed by atoms with E-state index in [0.29, 0.717) is 42.6 Å². The largest absolute Gasteiger partial charge is 0.490 e. The van der Waals surface area contributed by atoms with Crippen LogP contribution in [0, 0.1) is 6.92 Å². The molecular formula is C27H32N4O5. The van der Waals surface area contributed by atoms with E-state index >= 15 is 0 Å². The Morgan fingerprint density at radius 3 is 2.14 bits per heavy atom. The highest BCUT2D eigenvalue weighted by Crippen LogP contribution is 2.43. The van der Waals surface area contributed by atoms with E-state index in [1.165, 1.54) is 0 Å². The maximum absolute atomic E-state index is 13.1. The molecule has 190 valence electrons. The Kier molecular flexibility index (Phi) is 7.77. The zero-order chi connectivity index (χ0) is 25.7. The lowest BCUT2D eigenvalue weighted by Gasteiger charge is -2.17. The SMILES string of the molecule is CCOc1cc(C(=O)NNC(=O)c2cnn(-c3ccccc3C)c2C2CC2)cc(OCC)c1OCC. The number of rotatable bonds is 10. The average Bonchev–Trinajstić information content (AvgIpc) is 3.62. The van der Waals surface area contributed by atoms with Crippen molar-refractivity contribution in [3.8, 4) is 22.9 Å². The summed E-state index contributed by atoms with van der Waals surface area (Å²) in [5.41, 5.74) is 8.61. The molecule has 9 nitrogen and oxygen atoms in total. The van der Waals surface area contributed by atoms with Crippen LogP contribution in [0.4, 0.5) is 0 Å². The van der Waals surface area contributed by atoms with Crippen molar-refractivity contribution in [1.82, 2.24) is 20.6 Å². The number of hydrogen-bond acceptors (Lipinski definition) is 6. The molecule has 4 rings (SSSR count). The summed E-state index contributed by atoms with van der Waals surface area (Å²) in [6.07, 6.45) is 3.55. The van der Waals surface area contributed by atoms with Gasteiger partial charge in [0.25, 0.3) is 11.8 Å². The minimum atomic E-state index is -0.507. The van der Waals surface area contributed by atoms with Gasteiger partial charge in [-0.15, -0.1) is 0 Å². The second-order valence-corrected chi connectivity index (χ2v) is 8.42. The summed E-state index contributed by atoms with van der Waals surface area (Å²) in [5, 5.41) is 4.50. The minimum Gasteiger partial charge on any atom is -0.490 e. The van der Waals surface area contributed by atoms with Gasteiger partial charge >= 0.3 is 0 Å². The number of amides is 2. The number of nitrogens with one attached hydrogen (secondary N) is 2. The standard InChI is InChI=1S/C27H32N4O5/c1-5-34-22-14-19(15-23(35-6-2)25(22)36-7-3)26(32)29-30-27(33)20-16-28-31(24(20)18-12-13-18)21-11-9-8-10-17(21)4/h8-11,14-16,18H,5-7,12-13H2,1-4H3,(H,29,32)(H,30,33). The number of carbonyl (C=O) groups excluding carboxylic acids is 2. The number of ether oxygens (including phenoxy) is 3. The van der Waals surface area contributed by atoms with E-state index in [9.17, 15) is 9.59 Å². The van der Waals surface area contributed by atoms with E-state index in [4.69, 9.17) is 14.2 Å². The zero-order valence-corrected chi connectivity index (χ0v) is 21.1. The molecule has 0 bridgehead atoms. The predicted molar refractivity (Wildman–Crippen MR) is 135 cm³/mol. The summed E-state index contributed by atoms with van der Waals surface area (Å²) in [5.74, 6) is 0.574. The fourth-order valence-corrected chi connectivity index (χ4v) is 4.05. The molecule has 2 N–H and O–H groups in total. The molecule has 1 aliphatic carbocycles. The Labute approximate surface area is 210 Å². The minimum absolute atomic E-state index is 0.261. The average molecular weight is 493 g/mol. The number of aryl methyl sites for hydroxylation is 1. The quantitative estimate of drug-likeness (QED) is 0.409. The molecule has 36 heavy (non-hydrogen) atoms. The van der Waals surface area contributed by atoms with Crippen LogP contribution in [-0.4, -0.2) is 41.4 Å². The highest BCUT2D eigenvalue weighted by Gasteiger charge is 2.33. The van der Waals surface area contributed by atoms with Crippen LogP contribution >= 0.6 is 0 Å². The van der Waals surface area contributed by atoms with Gasteiger partial charge in [-0.05, 0) is 64.3 Å². The Bertz CT molecular complexity index is 1220. The summed E-state index contributed by atoms with van der Waals surface area (Å²) in [6.45, 7) is 8.76. The monoisotopic (exact) mass is 492 g/mol. The summed E-state index contributed by atoms with van der Waals surface area (Å²) in [6, 6.07) is 11.1. The van der Waals surface area contributed by atoms with E-state index in [1.54, 1.807) is 18.3 Å². The Morgan fingerprint density at radius 1 is 0.944 bits per heavy atom. The highest BCUT2D eigenvalue weighted by molar-refractivity contribution is 6.00. The van der Waals surface area contributed by atoms with Crippen molar-refractivity contribution in [3.63, 3.8) is 0 Å². The van der Waals surface area contributed by atoms with Gasteiger partial charge in [0.15, 0.2) is 11.5 Å². The first-order chi connectivity index (χ1) is 17.5. The number of benzene rings is 2. The number of hydrogen-bond donors (Lipinski definition) is 2. The van der Waals surface area contributed by atoms with E-state index < -0.39 is 11.8 Å². The normalized spacial score (nSPS) is 12.7. The topological polar surface area (TPSA) is 104 Å². The van der Waals surface area contributed by atoms with Gasteiger partial charge in [0, 0.05) is 11.5 Å². The van der Waals surface area contributed by atoms with E-state index in [1.807, 2.05) is 56.6 Å².